The average molecular weight is 329 g/mol. The summed E-state index contributed by atoms with van der Waals surface area (Å²) in [4.78, 5) is 1.22. The Kier molecular flexibility index (Phi) is 4.95. The molecule has 0 atom stereocenters. The van der Waals surface area contributed by atoms with E-state index in [2.05, 4.69) is 21.1 Å². The van der Waals surface area contributed by atoms with Gasteiger partial charge >= 0.3 is 0 Å². The molecule has 98 valence electrons. The van der Waals surface area contributed by atoms with E-state index in [1.165, 1.54) is 36.3 Å². The van der Waals surface area contributed by atoms with Crippen molar-refractivity contribution in [1.29, 1.82) is 0 Å². The molecule has 1 aliphatic rings. The maximum Gasteiger partial charge on any atom is 0.170 e. The van der Waals surface area contributed by atoms with E-state index in [1.807, 2.05) is 30.0 Å². The molecule has 0 aliphatic heterocycles. The fraction of sp³-hybridized carbons (Fsp3) is 0.462. The molecule has 3 N–H and O–H groups in total. The van der Waals surface area contributed by atoms with Crippen LogP contribution in [-0.2, 0) is 0 Å². The summed E-state index contributed by atoms with van der Waals surface area (Å²) in [7, 11) is 0. The third-order valence-electron chi connectivity index (χ3n) is 3.28. The molecule has 0 unspecified atom stereocenters. The molecule has 3 nitrogen and oxygen atoms in total. The number of halogens is 1. The molecule has 1 saturated carbocycles. The molecular formula is C13H17BrN2OS. The normalized spacial score (nSPS) is 17.3. The van der Waals surface area contributed by atoms with Crippen molar-refractivity contribution in [2.45, 2.75) is 30.6 Å². The van der Waals surface area contributed by atoms with Crippen molar-refractivity contribution in [3.63, 3.8) is 0 Å². The van der Waals surface area contributed by atoms with E-state index in [4.69, 9.17) is 10.9 Å². The van der Waals surface area contributed by atoms with Gasteiger partial charge in [0.15, 0.2) is 5.84 Å². The quantitative estimate of drug-likeness (QED) is 0.290. The number of hydrogen-bond donors (Lipinski definition) is 2. The lowest BCUT2D eigenvalue weighted by molar-refractivity contribution is 0.318. The Morgan fingerprint density at radius 1 is 1.44 bits per heavy atom. The first kappa shape index (κ1) is 13.7. The zero-order valence-corrected chi connectivity index (χ0v) is 12.5. The second kappa shape index (κ2) is 6.48. The second-order valence-electron chi connectivity index (χ2n) is 4.59. The zero-order chi connectivity index (χ0) is 13.0. The largest absolute Gasteiger partial charge is 0.409 e. The molecule has 0 aromatic heterocycles. The maximum absolute atomic E-state index is 8.64. The van der Waals surface area contributed by atoms with Gasteiger partial charge in [-0.05, 0) is 52.9 Å². The molecule has 0 spiro atoms. The molecule has 0 radical (unpaired) electrons. The molecule has 0 bridgehead atoms. The van der Waals surface area contributed by atoms with Gasteiger partial charge in [-0.3, -0.25) is 0 Å². The third kappa shape index (κ3) is 3.42. The van der Waals surface area contributed by atoms with Crippen LogP contribution in [0.1, 0.15) is 31.2 Å². The molecule has 5 heteroatoms. The van der Waals surface area contributed by atoms with Crippen LogP contribution in [0.5, 0.6) is 0 Å². The predicted octanol–water partition coefficient (Wildman–Crippen LogP) is 3.83. The van der Waals surface area contributed by atoms with Gasteiger partial charge in [0, 0.05) is 20.7 Å². The highest BCUT2D eigenvalue weighted by Crippen LogP contribution is 2.34. The van der Waals surface area contributed by atoms with E-state index < -0.39 is 0 Å². The minimum Gasteiger partial charge on any atom is -0.409 e. The Morgan fingerprint density at radius 2 is 2.17 bits per heavy atom. The van der Waals surface area contributed by atoms with Gasteiger partial charge in [-0.2, -0.15) is 0 Å². The molecule has 1 aliphatic carbocycles. The van der Waals surface area contributed by atoms with E-state index in [0.29, 0.717) is 0 Å². The Balaban J connectivity index is 2.00. The van der Waals surface area contributed by atoms with Gasteiger partial charge in [-0.25, -0.2) is 0 Å². The van der Waals surface area contributed by atoms with Crippen molar-refractivity contribution in [3.05, 3.63) is 28.2 Å². The standard InChI is InChI=1S/C13H17BrN2OS/c14-11-7-10(13(15)16-17)5-6-12(11)18-8-9-3-1-2-4-9/h5-7,9,17H,1-4,8H2,(H2,15,16). The smallest absolute Gasteiger partial charge is 0.170 e. The molecule has 1 aromatic rings. The van der Waals surface area contributed by atoms with E-state index in [9.17, 15) is 0 Å². The van der Waals surface area contributed by atoms with Crippen molar-refractivity contribution >= 4 is 33.5 Å². The second-order valence-corrected chi connectivity index (χ2v) is 6.51. The summed E-state index contributed by atoms with van der Waals surface area (Å²) in [5.74, 6) is 2.19. The number of thioether (sulfide) groups is 1. The average Bonchev–Trinajstić information content (AvgIpc) is 2.89. The van der Waals surface area contributed by atoms with Gasteiger partial charge in [-0.1, -0.05) is 18.0 Å². The van der Waals surface area contributed by atoms with Crippen molar-refractivity contribution in [2.75, 3.05) is 5.75 Å². The lowest BCUT2D eigenvalue weighted by Crippen LogP contribution is -2.12. The first-order chi connectivity index (χ1) is 8.70. The van der Waals surface area contributed by atoms with Crippen molar-refractivity contribution in [1.82, 2.24) is 0 Å². The molecule has 0 amide bonds. The van der Waals surface area contributed by atoms with Crippen LogP contribution >= 0.6 is 27.7 Å². The number of nitrogens with zero attached hydrogens (tertiary/aromatic N) is 1. The number of nitrogens with two attached hydrogens (primary N) is 1. The topological polar surface area (TPSA) is 58.6 Å². The van der Waals surface area contributed by atoms with Crippen LogP contribution in [0, 0.1) is 5.92 Å². The first-order valence-electron chi connectivity index (χ1n) is 6.11. The molecular weight excluding hydrogens is 312 g/mol. The minimum absolute atomic E-state index is 0.142. The van der Waals surface area contributed by atoms with Crippen LogP contribution in [0.2, 0.25) is 0 Å². The Morgan fingerprint density at radius 3 is 2.78 bits per heavy atom. The summed E-state index contributed by atoms with van der Waals surface area (Å²) in [6, 6.07) is 5.81. The zero-order valence-electron chi connectivity index (χ0n) is 10.1. The molecule has 0 saturated heterocycles. The molecule has 1 fully saturated rings. The summed E-state index contributed by atoms with van der Waals surface area (Å²) in [5.41, 5.74) is 6.29. The predicted molar refractivity (Wildman–Crippen MR) is 79.3 cm³/mol. The van der Waals surface area contributed by atoms with Crippen LogP contribution in [0.4, 0.5) is 0 Å². The van der Waals surface area contributed by atoms with E-state index in [0.717, 1.165) is 16.0 Å². The van der Waals surface area contributed by atoms with Crippen molar-refractivity contribution in [2.24, 2.45) is 16.8 Å². The summed E-state index contributed by atoms with van der Waals surface area (Å²) in [5, 5.41) is 11.6. The van der Waals surface area contributed by atoms with Crippen LogP contribution in [0.25, 0.3) is 0 Å². The monoisotopic (exact) mass is 328 g/mol. The molecule has 18 heavy (non-hydrogen) atoms. The lowest BCUT2D eigenvalue weighted by atomic mass is 10.1. The van der Waals surface area contributed by atoms with Gasteiger partial charge in [0.2, 0.25) is 0 Å². The van der Waals surface area contributed by atoms with Gasteiger partial charge in [0.05, 0.1) is 0 Å². The number of oxime groups is 1. The van der Waals surface area contributed by atoms with Crippen LogP contribution in [0.3, 0.4) is 0 Å². The Bertz CT molecular complexity index is 445. The molecule has 0 heterocycles. The Labute approximate surface area is 120 Å². The van der Waals surface area contributed by atoms with Crippen molar-refractivity contribution in [3.8, 4) is 0 Å². The maximum atomic E-state index is 8.64. The van der Waals surface area contributed by atoms with Gasteiger partial charge < -0.3 is 10.9 Å². The third-order valence-corrected chi connectivity index (χ3v) is 5.51. The van der Waals surface area contributed by atoms with Gasteiger partial charge in [-0.15, -0.1) is 11.8 Å². The summed E-state index contributed by atoms with van der Waals surface area (Å²) < 4.78 is 1.01. The van der Waals surface area contributed by atoms with Crippen LogP contribution in [0.15, 0.2) is 32.7 Å². The number of benzene rings is 1. The first-order valence-corrected chi connectivity index (χ1v) is 7.89. The van der Waals surface area contributed by atoms with E-state index in [-0.39, 0.29) is 5.84 Å². The molecule has 2 rings (SSSR count). The SMILES string of the molecule is N/C(=N/O)c1ccc(SCC2CCCC2)c(Br)c1. The highest BCUT2D eigenvalue weighted by atomic mass is 79.9. The number of hydrogen-bond acceptors (Lipinski definition) is 3. The fourth-order valence-electron chi connectivity index (χ4n) is 2.22. The summed E-state index contributed by atoms with van der Waals surface area (Å²) in [6.07, 6.45) is 5.50. The van der Waals surface area contributed by atoms with Crippen molar-refractivity contribution < 1.29 is 5.21 Å². The van der Waals surface area contributed by atoms with E-state index >= 15 is 0 Å². The Hall–Kier alpha value is -0.680. The van der Waals surface area contributed by atoms with Crippen LogP contribution < -0.4 is 5.73 Å². The highest BCUT2D eigenvalue weighted by Gasteiger charge is 2.15. The lowest BCUT2D eigenvalue weighted by Gasteiger charge is -2.10. The van der Waals surface area contributed by atoms with Crippen LogP contribution in [-0.4, -0.2) is 16.8 Å². The number of rotatable bonds is 4. The minimum atomic E-state index is 0.142. The van der Waals surface area contributed by atoms with Gasteiger partial charge in [0.25, 0.3) is 0 Å². The van der Waals surface area contributed by atoms with Gasteiger partial charge in [0.1, 0.15) is 0 Å². The summed E-state index contributed by atoms with van der Waals surface area (Å²) >= 11 is 5.42. The highest BCUT2D eigenvalue weighted by molar-refractivity contribution is 9.10. The fourth-order valence-corrected chi connectivity index (χ4v) is 4.05. The molecule has 1 aromatic carbocycles. The van der Waals surface area contributed by atoms with E-state index in [1.54, 1.807) is 0 Å². The summed E-state index contributed by atoms with van der Waals surface area (Å²) in [6.45, 7) is 0. The number of amidine groups is 1.